The molecule has 4 aromatic rings. The van der Waals surface area contributed by atoms with Gasteiger partial charge in [0, 0.05) is 10.6 Å². The van der Waals surface area contributed by atoms with Crippen LogP contribution >= 0.6 is 23.4 Å². The van der Waals surface area contributed by atoms with Gasteiger partial charge in [-0.2, -0.15) is 0 Å². The molecule has 0 atom stereocenters. The van der Waals surface area contributed by atoms with Crippen molar-refractivity contribution in [2.24, 2.45) is 0 Å². The van der Waals surface area contributed by atoms with Gasteiger partial charge in [-0.05, 0) is 36.0 Å². The fourth-order valence-electron chi connectivity index (χ4n) is 2.57. The van der Waals surface area contributed by atoms with Crippen LogP contribution in [-0.4, -0.2) is 24.8 Å². The molecule has 24 heavy (non-hydrogen) atoms. The van der Waals surface area contributed by atoms with Gasteiger partial charge in [-0.25, -0.2) is 14.6 Å². The van der Waals surface area contributed by atoms with Crippen molar-refractivity contribution in [3.05, 3.63) is 53.6 Å². The number of rotatable bonds is 1. The third kappa shape index (κ3) is 2.13. The van der Waals surface area contributed by atoms with E-state index in [0.29, 0.717) is 21.8 Å². The van der Waals surface area contributed by atoms with Crippen LogP contribution in [0.1, 0.15) is 0 Å². The third-order valence-electron chi connectivity index (χ3n) is 3.66. The van der Waals surface area contributed by atoms with E-state index in [0.717, 1.165) is 21.6 Å². The van der Waals surface area contributed by atoms with Gasteiger partial charge in [0.15, 0.2) is 11.6 Å². The predicted molar refractivity (Wildman–Crippen MR) is 93.1 cm³/mol. The summed E-state index contributed by atoms with van der Waals surface area (Å²) in [4.78, 5) is 9.30. The van der Waals surface area contributed by atoms with Crippen LogP contribution in [0.2, 0.25) is 5.02 Å². The number of nitrogens with zero attached hydrogens (tertiary/aromatic N) is 5. The lowest BCUT2D eigenvalue weighted by Crippen LogP contribution is -2.18. The van der Waals surface area contributed by atoms with Gasteiger partial charge in [0.2, 0.25) is 5.16 Å². The first kappa shape index (κ1) is 13.8. The Morgan fingerprint density at radius 3 is 2.62 bits per heavy atom. The fraction of sp³-hybridized carbons (Fsp3) is 0. The number of aromatic nitrogens is 5. The van der Waals surface area contributed by atoms with E-state index >= 15 is 0 Å². The molecule has 1 aliphatic rings. The molecule has 0 spiro atoms. The SMILES string of the molecule is Clc1cccc(-c2nnc3n2Nc2nc4ccccc4nc2S3)c1. The van der Waals surface area contributed by atoms with E-state index in [9.17, 15) is 0 Å². The number of fused-ring (bicyclic) bond motifs is 3. The van der Waals surface area contributed by atoms with E-state index < -0.39 is 0 Å². The summed E-state index contributed by atoms with van der Waals surface area (Å²) in [5.41, 5.74) is 5.83. The number of hydrogen-bond acceptors (Lipinski definition) is 6. The molecule has 2 aromatic carbocycles. The number of hydrogen-bond donors (Lipinski definition) is 1. The van der Waals surface area contributed by atoms with E-state index in [1.807, 2.05) is 53.2 Å². The van der Waals surface area contributed by atoms with Gasteiger partial charge in [-0.1, -0.05) is 35.9 Å². The molecule has 8 heteroatoms. The van der Waals surface area contributed by atoms with Gasteiger partial charge in [0.25, 0.3) is 0 Å². The van der Waals surface area contributed by atoms with Crippen molar-refractivity contribution in [2.75, 3.05) is 5.43 Å². The molecule has 0 saturated carbocycles. The van der Waals surface area contributed by atoms with Crippen LogP contribution < -0.4 is 5.43 Å². The minimum atomic E-state index is 0.652. The van der Waals surface area contributed by atoms with Gasteiger partial charge < -0.3 is 0 Å². The first-order chi connectivity index (χ1) is 11.8. The number of halogens is 1. The Morgan fingerprint density at radius 1 is 0.958 bits per heavy atom. The second kappa shape index (κ2) is 5.19. The average molecular weight is 353 g/mol. The number of anilines is 1. The van der Waals surface area contributed by atoms with Gasteiger partial charge in [-0.3, -0.25) is 5.43 Å². The standard InChI is InChI=1S/C16H9ClN6S/c17-10-5-3-4-9(8-10)14-20-21-16-23(14)22-13-15(24-16)19-12-7-2-1-6-11(12)18-13/h1-8H,(H,18,22). The Morgan fingerprint density at radius 2 is 1.79 bits per heavy atom. The highest BCUT2D eigenvalue weighted by molar-refractivity contribution is 7.99. The summed E-state index contributed by atoms with van der Waals surface area (Å²) >= 11 is 7.52. The van der Waals surface area contributed by atoms with Crippen LogP contribution in [0.3, 0.4) is 0 Å². The van der Waals surface area contributed by atoms with Crippen molar-refractivity contribution in [1.82, 2.24) is 24.8 Å². The summed E-state index contributed by atoms with van der Waals surface area (Å²) in [6.45, 7) is 0. The molecule has 0 amide bonds. The smallest absolute Gasteiger partial charge is 0.217 e. The van der Waals surface area contributed by atoms with Crippen molar-refractivity contribution in [2.45, 2.75) is 10.2 Å². The first-order valence-electron chi connectivity index (χ1n) is 7.21. The maximum absolute atomic E-state index is 6.09. The average Bonchev–Trinajstić information content (AvgIpc) is 3.00. The van der Waals surface area contributed by atoms with Gasteiger partial charge in [-0.15, -0.1) is 10.2 Å². The van der Waals surface area contributed by atoms with E-state index in [1.54, 1.807) is 0 Å². The van der Waals surface area contributed by atoms with Crippen LogP contribution in [0.4, 0.5) is 5.82 Å². The van der Waals surface area contributed by atoms with Crippen LogP contribution in [0.5, 0.6) is 0 Å². The summed E-state index contributed by atoms with van der Waals surface area (Å²) in [6.07, 6.45) is 0. The second-order valence-corrected chi connectivity index (χ2v) is 6.62. The molecule has 0 fully saturated rings. The molecule has 0 radical (unpaired) electrons. The maximum Gasteiger partial charge on any atom is 0.217 e. The Bertz CT molecular complexity index is 1090. The van der Waals surface area contributed by atoms with Crippen molar-refractivity contribution >= 4 is 40.2 Å². The number of benzene rings is 2. The van der Waals surface area contributed by atoms with Crippen molar-refractivity contribution in [3.63, 3.8) is 0 Å². The zero-order chi connectivity index (χ0) is 16.1. The van der Waals surface area contributed by atoms with Gasteiger partial charge >= 0.3 is 0 Å². The van der Waals surface area contributed by atoms with E-state index in [-0.39, 0.29) is 0 Å². The highest BCUT2D eigenvalue weighted by Gasteiger charge is 2.24. The molecule has 6 nitrogen and oxygen atoms in total. The highest BCUT2D eigenvalue weighted by atomic mass is 35.5. The van der Waals surface area contributed by atoms with Crippen LogP contribution in [0, 0.1) is 0 Å². The molecular formula is C16H9ClN6S. The second-order valence-electron chi connectivity index (χ2n) is 5.23. The molecule has 5 rings (SSSR count). The normalized spacial score (nSPS) is 12.5. The van der Waals surface area contributed by atoms with E-state index in [2.05, 4.69) is 25.6 Å². The zero-order valence-corrected chi connectivity index (χ0v) is 13.7. The molecule has 1 N–H and O–H groups in total. The molecule has 116 valence electrons. The summed E-state index contributed by atoms with van der Waals surface area (Å²) in [5.74, 6) is 1.37. The first-order valence-corrected chi connectivity index (χ1v) is 8.40. The molecule has 1 aliphatic heterocycles. The predicted octanol–water partition coefficient (Wildman–Crippen LogP) is 3.88. The fourth-order valence-corrected chi connectivity index (χ4v) is 3.57. The topological polar surface area (TPSA) is 68.5 Å². The lowest BCUT2D eigenvalue weighted by molar-refractivity contribution is 0.792. The minimum absolute atomic E-state index is 0.652. The van der Waals surface area contributed by atoms with E-state index in [4.69, 9.17) is 11.6 Å². The number of para-hydroxylation sites is 2. The highest BCUT2D eigenvalue weighted by Crippen LogP contribution is 2.37. The lowest BCUT2D eigenvalue weighted by atomic mass is 10.2. The minimum Gasteiger partial charge on any atom is -0.271 e. The van der Waals surface area contributed by atoms with Gasteiger partial charge in [0.1, 0.15) is 5.03 Å². The molecular weight excluding hydrogens is 344 g/mol. The third-order valence-corrected chi connectivity index (χ3v) is 4.82. The Hall–Kier alpha value is -2.64. The zero-order valence-electron chi connectivity index (χ0n) is 12.1. The van der Waals surface area contributed by atoms with Crippen molar-refractivity contribution < 1.29 is 0 Å². The largest absolute Gasteiger partial charge is 0.271 e. The molecule has 0 aliphatic carbocycles. The summed E-state index contributed by atoms with van der Waals surface area (Å²) in [5, 5.41) is 10.7. The van der Waals surface area contributed by atoms with E-state index in [1.165, 1.54) is 11.8 Å². The Balaban J connectivity index is 1.63. The molecule has 0 unspecified atom stereocenters. The molecule has 0 bridgehead atoms. The van der Waals surface area contributed by atoms with Crippen LogP contribution in [0.15, 0.2) is 58.7 Å². The van der Waals surface area contributed by atoms with Crippen LogP contribution in [0.25, 0.3) is 22.4 Å². The summed E-state index contributed by atoms with van der Waals surface area (Å²) in [6, 6.07) is 15.3. The molecule has 0 saturated heterocycles. The monoisotopic (exact) mass is 352 g/mol. The van der Waals surface area contributed by atoms with Crippen molar-refractivity contribution in [1.29, 1.82) is 0 Å². The Labute approximate surface area is 145 Å². The molecule has 3 heterocycles. The quantitative estimate of drug-likeness (QED) is 0.493. The van der Waals surface area contributed by atoms with Gasteiger partial charge in [0.05, 0.1) is 11.0 Å². The number of nitrogens with one attached hydrogen (secondary N) is 1. The maximum atomic E-state index is 6.09. The molecule has 2 aromatic heterocycles. The van der Waals surface area contributed by atoms with Crippen LogP contribution in [-0.2, 0) is 0 Å². The summed E-state index contributed by atoms with van der Waals surface area (Å²) in [7, 11) is 0. The summed E-state index contributed by atoms with van der Waals surface area (Å²) < 4.78 is 1.81. The van der Waals surface area contributed by atoms with Crippen molar-refractivity contribution in [3.8, 4) is 11.4 Å². The Kier molecular flexibility index (Phi) is 2.97. The lowest BCUT2D eigenvalue weighted by Gasteiger charge is -2.18.